The Balaban J connectivity index is 0.000000180. The van der Waals surface area contributed by atoms with Crippen molar-refractivity contribution in [3.05, 3.63) is 0 Å². The Labute approximate surface area is 72.5 Å². The molecule has 1 amide bonds. The number of carboxylic acid groups (broad SMARTS) is 1. The predicted octanol–water partition coefficient (Wildman–Crippen LogP) is 1.70. The van der Waals surface area contributed by atoms with Gasteiger partial charge in [0.25, 0.3) is 0 Å². The molecule has 10 heavy (non-hydrogen) atoms. The van der Waals surface area contributed by atoms with Crippen LogP contribution in [0.1, 0.15) is 0 Å². The minimum absolute atomic E-state index is 1.31. The van der Waals surface area contributed by atoms with E-state index in [2.05, 4.69) is 5.73 Å². The maximum Gasteiger partial charge on any atom is 0.402 e. The smallest absolute Gasteiger partial charge is 0.402 e. The summed E-state index contributed by atoms with van der Waals surface area (Å²) in [5.74, 6) is 0. The van der Waals surface area contributed by atoms with Crippen LogP contribution in [0.15, 0.2) is 0 Å². The number of primary amides is 1. The molecular formula is C4H9NO2S3. The average Bonchev–Trinajstić information content (AvgIpc) is 1.90. The molecule has 1 aliphatic rings. The van der Waals surface area contributed by atoms with Crippen molar-refractivity contribution < 1.29 is 9.90 Å². The first kappa shape index (κ1) is 10.3. The molecule has 0 aromatic rings. The van der Waals surface area contributed by atoms with Crippen molar-refractivity contribution in [2.24, 2.45) is 5.73 Å². The van der Waals surface area contributed by atoms with E-state index in [1.807, 2.05) is 35.3 Å². The Morgan fingerprint density at radius 1 is 1.20 bits per heavy atom. The molecule has 0 aliphatic carbocycles. The van der Waals surface area contributed by atoms with Crippen molar-refractivity contribution in [3.63, 3.8) is 0 Å². The topological polar surface area (TPSA) is 63.3 Å². The van der Waals surface area contributed by atoms with E-state index in [0.717, 1.165) is 0 Å². The fourth-order valence-corrected chi connectivity index (χ4v) is 4.35. The summed E-state index contributed by atoms with van der Waals surface area (Å²) in [5.41, 5.74) is 4.03. The summed E-state index contributed by atoms with van der Waals surface area (Å²) in [6, 6.07) is 0. The van der Waals surface area contributed by atoms with Gasteiger partial charge in [-0.05, 0) is 0 Å². The summed E-state index contributed by atoms with van der Waals surface area (Å²) in [6.45, 7) is 0. The van der Waals surface area contributed by atoms with Crippen molar-refractivity contribution in [2.45, 2.75) is 0 Å². The second-order valence-corrected chi connectivity index (χ2v) is 5.36. The fraction of sp³-hybridized carbons (Fsp3) is 0.750. The highest BCUT2D eigenvalue weighted by molar-refractivity contribution is 8.31. The molecule has 1 saturated heterocycles. The highest BCUT2D eigenvalue weighted by Crippen LogP contribution is 2.27. The molecule has 1 aliphatic heterocycles. The molecule has 0 saturated carbocycles. The lowest BCUT2D eigenvalue weighted by Gasteiger charge is -2.05. The first-order chi connectivity index (χ1) is 4.73. The highest BCUT2D eigenvalue weighted by Gasteiger charge is 1.96. The predicted molar refractivity (Wildman–Crippen MR) is 49.6 cm³/mol. The SMILES string of the molecule is C1SCSCS1.NC(=O)O. The van der Waals surface area contributed by atoms with Crippen LogP contribution in [0.3, 0.4) is 0 Å². The van der Waals surface area contributed by atoms with Crippen molar-refractivity contribution >= 4 is 41.4 Å². The van der Waals surface area contributed by atoms with Crippen LogP contribution in [0.5, 0.6) is 0 Å². The van der Waals surface area contributed by atoms with Gasteiger partial charge in [0.2, 0.25) is 0 Å². The van der Waals surface area contributed by atoms with Gasteiger partial charge < -0.3 is 10.8 Å². The van der Waals surface area contributed by atoms with Crippen molar-refractivity contribution in [1.29, 1.82) is 0 Å². The van der Waals surface area contributed by atoms with E-state index < -0.39 is 6.09 Å². The minimum atomic E-state index is -1.33. The van der Waals surface area contributed by atoms with Gasteiger partial charge in [-0.25, -0.2) is 4.79 Å². The van der Waals surface area contributed by atoms with E-state index in [1.165, 1.54) is 15.3 Å². The number of carbonyl (C=O) groups is 1. The summed E-state index contributed by atoms with van der Waals surface area (Å²) in [5, 5.41) is 11.1. The minimum Gasteiger partial charge on any atom is -0.465 e. The van der Waals surface area contributed by atoms with E-state index in [-0.39, 0.29) is 0 Å². The van der Waals surface area contributed by atoms with E-state index in [9.17, 15) is 0 Å². The molecule has 1 fully saturated rings. The largest absolute Gasteiger partial charge is 0.465 e. The van der Waals surface area contributed by atoms with Crippen LogP contribution in [0, 0.1) is 0 Å². The van der Waals surface area contributed by atoms with Gasteiger partial charge in [0.1, 0.15) is 0 Å². The Kier molecular flexibility index (Phi) is 7.66. The van der Waals surface area contributed by atoms with Crippen molar-refractivity contribution in [1.82, 2.24) is 0 Å². The second-order valence-electron chi connectivity index (χ2n) is 1.30. The molecule has 1 rings (SSSR count). The van der Waals surface area contributed by atoms with Crippen LogP contribution in [0.4, 0.5) is 4.79 Å². The number of hydrogen-bond donors (Lipinski definition) is 2. The summed E-state index contributed by atoms with van der Waals surface area (Å²) in [6.07, 6.45) is -1.33. The molecule has 0 unspecified atom stereocenters. The van der Waals surface area contributed by atoms with Gasteiger partial charge in [0.15, 0.2) is 0 Å². The molecule has 1 heterocycles. The number of thioether (sulfide) groups is 3. The molecular weight excluding hydrogens is 190 g/mol. The maximum absolute atomic E-state index is 8.78. The molecule has 60 valence electrons. The highest BCUT2D eigenvalue weighted by atomic mass is 32.3. The number of rotatable bonds is 0. The third-order valence-electron chi connectivity index (χ3n) is 0.500. The number of amides is 1. The van der Waals surface area contributed by atoms with Crippen LogP contribution < -0.4 is 5.73 Å². The van der Waals surface area contributed by atoms with Crippen LogP contribution in [-0.4, -0.2) is 26.5 Å². The van der Waals surface area contributed by atoms with E-state index in [4.69, 9.17) is 9.90 Å². The van der Waals surface area contributed by atoms with Crippen LogP contribution in [0.25, 0.3) is 0 Å². The second kappa shape index (κ2) is 7.43. The van der Waals surface area contributed by atoms with Crippen LogP contribution in [0.2, 0.25) is 0 Å². The first-order valence-electron chi connectivity index (χ1n) is 2.45. The zero-order chi connectivity index (χ0) is 7.82. The lowest BCUT2D eigenvalue weighted by Crippen LogP contribution is -2.03. The van der Waals surface area contributed by atoms with Crippen LogP contribution in [-0.2, 0) is 0 Å². The van der Waals surface area contributed by atoms with Gasteiger partial charge in [-0.1, -0.05) is 0 Å². The van der Waals surface area contributed by atoms with Crippen molar-refractivity contribution in [3.8, 4) is 0 Å². The lowest BCUT2D eigenvalue weighted by atomic mass is 11.3. The monoisotopic (exact) mass is 199 g/mol. The molecule has 6 heteroatoms. The van der Waals surface area contributed by atoms with Crippen molar-refractivity contribution in [2.75, 3.05) is 15.3 Å². The third kappa shape index (κ3) is 11.2. The molecule has 3 N–H and O–H groups in total. The van der Waals surface area contributed by atoms with E-state index >= 15 is 0 Å². The first-order valence-corrected chi connectivity index (χ1v) is 5.91. The van der Waals surface area contributed by atoms with Gasteiger partial charge in [0, 0.05) is 15.3 Å². The molecule has 0 radical (unpaired) electrons. The molecule has 3 nitrogen and oxygen atoms in total. The number of nitrogens with two attached hydrogens (primary N) is 1. The molecule has 0 aromatic heterocycles. The Morgan fingerprint density at radius 2 is 1.40 bits per heavy atom. The average molecular weight is 199 g/mol. The summed E-state index contributed by atoms with van der Waals surface area (Å²) >= 11 is 6.06. The maximum atomic E-state index is 8.78. The van der Waals surface area contributed by atoms with Gasteiger partial charge in [-0.3, -0.25) is 0 Å². The third-order valence-corrected chi connectivity index (χ3v) is 4.50. The summed E-state index contributed by atoms with van der Waals surface area (Å²) in [4.78, 5) is 8.78. The Morgan fingerprint density at radius 3 is 1.50 bits per heavy atom. The summed E-state index contributed by atoms with van der Waals surface area (Å²) in [7, 11) is 0. The zero-order valence-corrected chi connectivity index (χ0v) is 7.73. The molecule has 0 atom stereocenters. The van der Waals surface area contributed by atoms with E-state index in [1.54, 1.807) is 0 Å². The Bertz CT molecular complexity index is 81.0. The standard InChI is InChI=1S/C3H6S3.CH3NO2/c1-4-2-6-3-5-1;2-1(3)4/h1-3H2;2H2,(H,3,4). The number of hydrogen-bond acceptors (Lipinski definition) is 4. The van der Waals surface area contributed by atoms with Gasteiger partial charge in [-0.2, -0.15) is 0 Å². The van der Waals surface area contributed by atoms with Crippen LogP contribution >= 0.6 is 35.3 Å². The normalized spacial score (nSPS) is 16.8. The fourth-order valence-electron chi connectivity index (χ4n) is 0.279. The van der Waals surface area contributed by atoms with Gasteiger partial charge >= 0.3 is 6.09 Å². The lowest BCUT2D eigenvalue weighted by molar-refractivity contribution is 0.205. The van der Waals surface area contributed by atoms with Gasteiger partial charge in [0.05, 0.1) is 0 Å². The quantitative estimate of drug-likeness (QED) is 0.621. The Hall–Kier alpha value is 0.320. The molecule has 0 spiro atoms. The van der Waals surface area contributed by atoms with E-state index in [0.29, 0.717) is 0 Å². The molecule has 0 bridgehead atoms. The zero-order valence-electron chi connectivity index (χ0n) is 5.28. The van der Waals surface area contributed by atoms with Gasteiger partial charge in [-0.15, -0.1) is 35.3 Å². The molecule has 0 aromatic carbocycles. The summed E-state index contributed by atoms with van der Waals surface area (Å²) < 4.78 is 0.